The first-order valence-electron chi connectivity index (χ1n) is 9.31. The van der Waals surface area contributed by atoms with Crippen LogP contribution in [0.1, 0.15) is 6.92 Å². The van der Waals surface area contributed by atoms with Crippen LogP contribution in [-0.2, 0) is 9.47 Å². The average Bonchev–Trinajstić information content (AvgIpc) is 2.74. The molecule has 0 saturated heterocycles. The highest BCUT2D eigenvalue weighted by atomic mass is 16.6. The van der Waals surface area contributed by atoms with Crippen molar-refractivity contribution < 1.29 is 19.1 Å². The van der Waals surface area contributed by atoms with Gasteiger partial charge in [0.05, 0.1) is 18.5 Å². The quantitative estimate of drug-likeness (QED) is 0.511. The van der Waals surface area contributed by atoms with Gasteiger partial charge < -0.3 is 14.8 Å². The number of hydrogen-bond acceptors (Lipinski definition) is 7. The minimum atomic E-state index is -0.554. The molecule has 0 saturated carbocycles. The van der Waals surface area contributed by atoms with Gasteiger partial charge in [0, 0.05) is 24.9 Å². The largest absolute Gasteiger partial charge is 0.447 e. The highest BCUT2D eigenvalue weighted by molar-refractivity contribution is 5.89. The van der Waals surface area contributed by atoms with E-state index in [4.69, 9.17) is 9.47 Å². The van der Waals surface area contributed by atoms with Gasteiger partial charge in [-0.25, -0.2) is 19.6 Å². The van der Waals surface area contributed by atoms with Gasteiger partial charge in [0.15, 0.2) is 5.65 Å². The normalized spacial score (nSPS) is 10.5. The molecule has 3 amide bonds. The average molecular weight is 410 g/mol. The zero-order chi connectivity index (χ0) is 21.3. The minimum absolute atomic E-state index is 0.178. The summed E-state index contributed by atoms with van der Waals surface area (Å²) in [4.78, 5) is 36.6. The van der Waals surface area contributed by atoms with Crippen LogP contribution in [0.25, 0.3) is 22.4 Å². The Morgan fingerprint density at radius 2 is 1.80 bits per heavy atom. The number of pyridine rings is 1. The number of nitrogens with zero attached hydrogens (tertiary/aromatic N) is 3. The Kier molecular flexibility index (Phi) is 7.06. The lowest BCUT2D eigenvalue weighted by Gasteiger charge is -2.08. The predicted molar refractivity (Wildman–Crippen MR) is 112 cm³/mol. The van der Waals surface area contributed by atoms with Crippen molar-refractivity contribution in [2.75, 3.05) is 37.5 Å². The summed E-state index contributed by atoms with van der Waals surface area (Å²) in [6.45, 7) is 2.86. The Morgan fingerprint density at radius 3 is 2.53 bits per heavy atom. The lowest BCUT2D eigenvalue weighted by atomic mass is 10.1. The molecule has 0 aliphatic heterocycles. The van der Waals surface area contributed by atoms with E-state index in [1.54, 1.807) is 42.6 Å². The summed E-state index contributed by atoms with van der Waals surface area (Å²) < 4.78 is 9.79. The molecule has 0 radical (unpaired) electrons. The number of rotatable bonds is 7. The van der Waals surface area contributed by atoms with Crippen LogP contribution in [0, 0.1) is 0 Å². The number of anilines is 2. The summed E-state index contributed by atoms with van der Waals surface area (Å²) in [5.41, 5.74) is 3.01. The van der Waals surface area contributed by atoms with Gasteiger partial charge in [-0.15, -0.1) is 0 Å². The zero-order valence-electron chi connectivity index (χ0n) is 16.6. The lowest BCUT2D eigenvalue weighted by molar-refractivity contribution is 0.107. The molecule has 1 aromatic carbocycles. The first-order chi connectivity index (χ1) is 14.6. The minimum Gasteiger partial charge on any atom is -0.447 e. The maximum absolute atomic E-state index is 11.7. The second-order valence-corrected chi connectivity index (χ2v) is 6.11. The third kappa shape index (κ3) is 5.61. The third-order valence-electron chi connectivity index (χ3n) is 3.93. The Balaban J connectivity index is 1.72. The topological polar surface area (TPSA) is 127 Å². The van der Waals surface area contributed by atoms with Gasteiger partial charge >= 0.3 is 12.1 Å². The Labute approximate surface area is 173 Å². The van der Waals surface area contributed by atoms with Crippen molar-refractivity contribution in [2.45, 2.75) is 6.92 Å². The number of carbonyl (C=O) groups excluding carboxylic acids is 2. The molecular weight excluding hydrogens is 388 g/mol. The Bertz CT molecular complexity index is 1030. The molecule has 10 nitrogen and oxygen atoms in total. The van der Waals surface area contributed by atoms with Crippen molar-refractivity contribution in [2.24, 2.45) is 0 Å². The number of fused-ring (bicyclic) bond motifs is 1. The first-order valence-corrected chi connectivity index (χ1v) is 9.31. The van der Waals surface area contributed by atoms with Gasteiger partial charge in [-0.3, -0.25) is 15.6 Å². The van der Waals surface area contributed by atoms with Gasteiger partial charge in [-0.2, -0.15) is 0 Å². The van der Waals surface area contributed by atoms with Gasteiger partial charge in [-0.05, 0) is 31.2 Å². The third-order valence-corrected chi connectivity index (χ3v) is 3.93. The molecular formula is C20H22N6O4. The predicted octanol–water partition coefficient (Wildman–Crippen LogP) is 3.03. The molecule has 2 heterocycles. The van der Waals surface area contributed by atoms with Crippen molar-refractivity contribution >= 4 is 34.8 Å². The number of aromatic nitrogens is 3. The van der Waals surface area contributed by atoms with Crippen molar-refractivity contribution in [3.05, 3.63) is 42.6 Å². The van der Waals surface area contributed by atoms with E-state index in [9.17, 15) is 9.59 Å². The van der Waals surface area contributed by atoms with Crippen LogP contribution in [0.5, 0.6) is 0 Å². The molecule has 156 valence electrons. The summed E-state index contributed by atoms with van der Waals surface area (Å²) >= 11 is 0. The van der Waals surface area contributed by atoms with Crippen LogP contribution in [0.4, 0.5) is 21.1 Å². The summed E-state index contributed by atoms with van der Waals surface area (Å²) in [6, 6.07) is 10.1. The van der Waals surface area contributed by atoms with E-state index in [0.717, 1.165) is 5.56 Å². The van der Waals surface area contributed by atoms with Gasteiger partial charge in [0.25, 0.3) is 0 Å². The van der Waals surface area contributed by atoms with E-state index in [1.807, 2.05) is 6.92 Å². The maximum atomic E-state index is 11.7. The van der Waals surface area contributed by atoms with E-state index < -0.39 is 6.09 Å². The highest BCUT2D eigenvalue weighted by Gasteiger charge is 2.08. The number of carbonyl (C=O) groups is 2. The highest BCUT2D eigenvalue weighted by Crippen LogP contribution is 2.21. The van der Waals surface area contributed by atoms with Crippen molar-refractivity contribution in [1.29, 1.82) is 0 Å². The molecule has 30 heavy (non-hydrogen) atoms. The van der Waals surface area contributed by atoms with E-state index in [1.165, 1.54) is 7.11 Å². The number of urea groups is 1. The Morgan fingerprint density at radius 1 is 1.00 bits per heavy atom. The number of methoxy groups -OCH3 is 1. The molecule has 0 aliphatic carbocycles. The van der Waals surface area contributed by atoms with Crippen LogP contribution in [0.2, 0.25) is 0 Å². The first kappa shape index (κ1) is 20.9. The van der Waals surface area contributed by atoms with E-state index in [0.29, 0.717) is 41.5 Å². The molecule has 3 rings (SSSR count). The monoisotopic (exact) mass is 410 g/mol. The molecule has 0 atom stereocenters. The fraction of sp³-hybridized carbons (Fsp3) is 0.250. The van der Waals surface area contributed by atoms with Gasteiger partial charge in [0.2, 0.25) is 0 Å². The second kappa shape index (κ2) is 10.1. The summed E-state index contributed by atoms with van der Waals surface area (Å²) in [5, 5.41) is 7.92. The van der Waals surface area contributed by atoms with Crippen molar-refractivity contribution in [3.8, 4) is 11.3 Å². The summed E-state index contributed by atoms with van der Waals surface area (Å²) in [7, 11) is 1.53. The van der Waals surface area contributed by atoms with Gasteiger partial charge in [-0.1, -0.05) is 12.1 Å². The Hall–Kier alpha value is -3.79. The fourth-order valence-electron chi connectivity index (χ4n) is 2.52. The van der Waals surface area contributed by atoms with Crippen LogP contribution in [-0.4, -0.2) is 53.9 Å². The molecule has 0 unspecified atom stereocenters. The number of amides is 3. The molecule has 0 fully saturated rings. The second-order valence-electron chi connectivity index (χ2n) is 6.11. The van der Waals surface area contributed by atoms with Crippen LogP contribution in [0.15, 0.2) is 42.6 Å². The van der Waals surface area contributed by atoms with Crippen molar-refractivity contribution in [1.82, 2.24) is 20.3 Å². The number of hydrogen-bond donors (Lipinski definition) is 3. The van der Waals surface area contributed by atoms with Crippen LogP contribution < -0.4 is 16.0 Å². The summed E-state index contributed by atoms with van der Waals surface area (Å²) in [6.07, 6.45) is 1.09. The maximum Gasteiger partial charge on any atom is 0.411 e. The lowest BCUT2D eigenvalue weighted by Crippen LogP contribution is -2.28. The van der Waals surface area contributed by atoms with Crippen LogP contribution >= 0.6 is 0 Å². The van der Waals surface area contributed by atoms with E-state index >= 15 is 0 Å². The zero-order valence-corrected chi connectivity index (χ0v) is 16.6. The molecule has 0 bridgehead atoms. The number of nitrogens with one attached hydrogen (secondary N) is 3. The molecule has 10 heteroatoms. The fourth-order valence-corrected chi connectivity index (χ4v) is 2.52. The molecule has 0 spiro atoms. The molecule has 2 aromatic heterocycles. The number of benzene rings is 1. The van der Waals surface area contributed by atoms with E-state index in [2.05, 4.69) is 30.9 Å². The van der Waals surface area contributed by atoms with Crippen molar-refractivity contribution in [3.63, 3.8) is 0 Å². The summed E-state index contributed by atoms with van der Waals surface area (Å²) in [5.74, 6) is 0.381. The molecule has 0 aliphatic rings. The number of ether oxygens (including phenoxy) is 2. The SMILES string of the molecule is CCNC(=O)Nc1ccc2ncc(-c3ccc(NC(=O)OCCOC)cc3)nc2n1. The van der Waals surface area contributed by atoms with Crippen LogP contribution in [0.3, 0.4) is 0 Å². The smallest absolute Gasteiger partial charge is 0.411 e. The standard InChI is InChI=1S/C20H22N6O4/c1-3-21-19(27)26-17-9-8-15-18(25-17)24-16(12-22-15)13-4-6-14(7-5-13)23-20(28)30-11-10-29-2/h4-9,12H,3,10-11H2,1-2H3,(H,23,28)(H2,21,24,25,26,27). The molecule has 3 N–H and O–H groups in total. The molecule has 3 aromatic rings. The van der Waals surface area contributed by atoms with Gasteiger partial charge in [0.1, 0.15) is 17.9 Å². The van der Waals surface area contributed by atoms with E-state index in [-0.39, 0.29) is 12.6 Å².